The van der Waals surface area contributed by atoms with E-state index in [1.807, 2.05) is 31.0 Å². The highest BCUT2D eigenvalue weighted by molar-refractivity contribution is 5.85. The van der Waals surface area contributed by atoms with Crippen molar-refractivity contribution in [2.75, 3.05) is 27.2 Å². The molecule has 1 N–H and O–H groups in total. The van der Waals surface area contributed by atoms with Gasteiger partial charge in [-0.25, -0.2) is 0 Å². The van der Waals surface area contributed by atoms with Crippen molar-refractivity contribution in [3.8, 4) is 5.75 Å². The fourth-order valence-electron chi connectivity index (χ4n) is 2.77. The van der Waals surface area contributed by atoms with Crippen molar-refractivity contribution in [1.82, 2.24) is 10.2 Å². The molecule has 1 heterocycles. The molecule has 21 heavy (non-hydrogen) atoms. The minimum atomic E-state index is 0. The summed E-state index contributed by atoms with van der Waals surface area (Å²) in [6, 6.07) is 6.08. The zero-order chi connectivity index (χ0) is 14.5. The highest BCUT2D eigenvalue weighted by Crippen LogP contribution is 2.20. The number of rotatable bonds is 4. The summed E-state index contributed by atoms with van der Waals surface area (Å²) in [5, 5.41) is 3.29. The van der Waals surface area contributed by atoms with Crippen LogP contribution < -0.4 is 10.1 Å². The number of methoxy groups -OCH3 is 1. The molecule has 0 atom stereocenters. The van der Waals surface area contributed by atoms with Crippen LogP contribution in [0.3, 0.4) is 0 Å². The van der Waals surface area contributed by atoms with E-state index in [1.54, 1.807) is 7.11 Å². The Balaban J connectivity index is 0.00000220. The first-order valence-corrected chi connectivity index (χ1v) is 7.21. The quantitative estimate of drug-likeness (QED) is 0.928. The lowest BCUT2D eigenvalue weighted by molar-refractivity contribution is -0.135. The van der Waals surface area contributed by atoms with Crippen molar-refractivity contribution in [2.24, 2.45) is 5.92 Å². The van der Waals surface area contributed by atoms with Crippen LogP contribution in [0, 0.1) is 12.8 Å². The van der Waals surface area contributed by atoms with Crippen LogP contribution in [0.4, 0.5) is 0 Å². The molecule has 1 aromatic rings. The second-order valence-electron chi connectivity index (χ2n) is 5.52. The Labute approximate surface area is 133 Å². The predicted molar refractivity (Wildman–Crippen MR) is 87.0 cm³/mol. The van der Waals surface area contributed by atoms with E-state index in [0.29, 0.717) is 6.54 Å². The summed E-state index contributed by atoms with van der Waals surface area (Å²) in [5.74, 6) is 1.33. The van der Waals surface area contributed by atoms with Crippen molar-refractivity contribution < 1.29 is 9.53 Å². The topological polar surface area (TPSA) is 41.6 Å². The summed E-state index contributed by atoms with van der Waals surface area (Å²) in [7, 11) is 3.57. The zero-order valence-corrected chi connectivity index (χ0v) is 13.8. The first kappa shape index (κ1) is 17.8. The number of nitrogens with one attached hydrogen (secondary N) is 1. The van der Waals surface area contributed by atoms with Gasteiger partial charge in [0.15, 0.2) is 0 Å². The maximum Gasteiger partial charge on any atom is 0.225 e. The molecule has 0 radical (unpaired) electrons. The largest absolute Gasteiger partial charge is 0.496 e. The summed E-state index contributed by atoms with van der Waals surface area (Å²) in [4.78, 5) is 14.2. The molecule has 5 heteroatoms. The average Bonchev–Trinajstić information content (AvgIpc) is 2.47. The van der Waals surface area contributed by atoms with E-state index in [0.717, 1.165) is 42.8 Å². The van der Waals surface area contributed by atoms with Crippen LogP contribution in [0.2, 0.25) is 0 Å². The number of aryl methyl sites for hydroxylation is 1. The van der Waals surface area contributed by atoms with Gasteiger partial charge in [-0.3, -0.25) is 4.79 Å². The van der Waals surface area contributed by atoms with E-state index in [4.69, 9.17) is 4.74 Å². The molecule has 1 aliphatic heterocycles. The molecule has 4 nitrogen and oxygen atoms in total. The number of benzene rings is 1. The van der Waals surface area contributed by atoms with Gasteiger partial charge < -0.3 is 15.0 Å². The maximum atomic E-state index is 12.4. The lowest BCUT2D eigenvalue weighted by Crippen LogP contribution is -2.38. The zero-order valence-electron chi connectivity index (χ0n) is 13.0. The summed E-state index contributed by atoms with van der Waals surface area (Å²) in [6.45, 7) is 4.59. The molecule has 1 aromatic carbocycles. The molecule has 1 aliphatic rings. The van der Waals surface area contributed by atoms with E-state index < -0.39 is 0 Å². The Morgan fingerprint density at radius 3 is 2.62 bits per heavy atom. The van der Waals surface area contributed by atoms with Crippen LogP contribution in [0.1, 0.15) is 24.0 Å². The fraction of sp³-hybridized carbons (Fsp3) is 0.562. The minimum absolute atomic E-state index is 0. The van der Waals surface area contributed by atoms with Crippen molar-refractivity contribution in [2.45, 2.75) is 26.3 Å². The number of halogens is 1. The number of ether oxygens (including phenoxy) is 1. The molecule has 0 aromatic heterocycles. The van der Waals surface area contributed by atoms with Crippen LogP contribution in [0.15, 0.2) is 18.2 Å². The van der Waals surface area contributed by atoms with Crippen molar-refractivity contribution in [3.63, 3.8) is 0 Å². The van der Waals surface area contributed by atoms with E-state index in [-0.39, 0.29) is 24.2 Å². The molecular formula is C16H25ClN2O2. The lowest BCUT2D eigenvalue weighted by Gasteiger charge is -2.27. The SMILES string of the molecule is COc1ccc(CN(C)C(=O)C2CCNCC2)cc1C.Cl. The highest BCUT2D eigenvalue weighted by Gasteiger charge is 2.23. The third kappa shape index (κ3) is 4.61. The Hall–Kier alpha value is -1.26. The Morgan fingerprint density at radius 2 is 2.05 bits per heavy atom. The van der Waals surface area contributed by atoms with Gasteiger partial charge in [0.25, 0.3) is 0 Å². The third-order valence-electron chi connectivity index (χ3n) is 3.94. The molecule has 0 spiro atoms. The molecule has 0 saturated carbocycles. The smallest absolute Gasteiger partial charge is 0.225 e. The van der Waals surface area contributed by atoms with Gasteiger partial charge in [0.1, 0.15) is 5.75 Å². The van der Waals surface area contributed by atoms with E-state index in [2.05, 4.69) is 11.4 Å². The van der Waals surface area contributed by atoms with Crippen LogP contribution in [-0.4, -0.2) is 38.1 Å². The van der Waals surface area contributed by atoms with Crippen LogP contribution in [-0.2, 0) is 11.3 Å². The van der Waals surface area contributed by atoms with Crippen LogP contribution in [0.5, 0.6) is 5.75 Å². The van der Waals surface area contributed by atoms with Gasteiger partial charge in [0, 0.05) is 19.5 Å². The standard InChI is InChI=1S/C16H24N2O2.ClH/c1-12-10-13(4-5-15(12)20-3)11-18(2)16(19)14-6-8-17-9-7-14;/h4-5,10,14,17H,6-9,11H2,1-3H3;1H. The van der Waals surface area contributed by atoms with Gasteiger partial charge in [-0.1, -0.05) is 12.1 Å². The third-order valence-corrected chi connectivity index (χ3v) is 3.94. The van der Waals surface area contributed by atoms with Gasteiger partial charge in [0.05, 0.1) is 7.11 Å². The van der Waals surface area contributed by atoms with Crippen molar-refractivity contribution in [1.29, 1.82) is 0 Å². The Kier molecular flexibility index (Phi) is 6.99. The molecule has 1 amide bonds. The summed E-state index contributed by atoms with van der Waals surface area (Å²) in [6.07, 6.45) is 1.90. The predicted octanol–water partition coefficient (Wildman–Crippen LogP) is 2.38. The molecule has 0 bridgehead atoms. The van der Waals surface area contributed by atoms with Crippen LogP contribution >= 0.6 is 12.4 Å². The molecule has 118 valence electrons. The van der Waals surface area contributed by atoms with Gasteiger partial charge in [-0.05, 0) is 50.0 Å². The molecule has 0 unspecified atom stereocenters. The number of carbonyl (C=O) groups is 1. The number of piperidine rings is 1. The highest BCUT2D eigenvalue weighted by atomic mass is 35.5. The van der Waals surface area contributed by atoms with E-state index in [1.165, 1.54) is 0 Å². The normalized spacial score (nSPS) is 15.2. The number of amides is 1. The second-order valence-corrected chi connectivity index (χ2v) is 5.52. The molecule has 2 rings (SSSR count). The second kappa shape index (κ2) is 8.25. The first-order valence-electron chi connectivity index (χ1n) is 7.21. The number of carbonyl (C=O) groups excluding carboxylic acids is 1. The van der Waals surface area contributed by atoms with Gasteiger partial charge in [-0.2, -0.15) is 0 Å². The summed E-state index contributed by atoms with van der Waals surface area (Å²) in [5.41, 5.74) is 2.25. The number of hydrogen-bond acceptors (Lipinski definition) is 3. The Morgan fingerprint density at radius 1 is 1.38 bits per heavy atom. The first-order chi connectivity index (χ1) is 9.61. The number of hydrogen-bond donors (Lipinski definition) is 1. The van der Waals surface area contributed by atoms with Gasteiger partial charge in [0.2, 0.25) is 5.91 Å². The lowest BCUT2D eigenvalue weighted by atomic mass is 9.96. The monoisotopic (exact) mass is 312 g/mol. The van der Waals surface area contributed by atoms with Gasteiger partial charge >= 0.3 is 0 Å². The Bertz CT molecular complexity index is 473. The minimum Gasteiger partial charge on any atom is -0.496 e. The van der Waals surface area contributed by atoms with E-state index >= 15 is 0 Å². The average molecular weight is 313 g/mol. The summed E-state index contributed by atoms with van der Waals surface area (Å²) < 4.78 is 5.26. The fourth-order valence-corrected chi connectivity index (χ4v) is 2.77. The van der Waals surface area contributed by atoms with Crippen molar-refractivity contribution >= 4 is 18.3 Å². The van der Waals surface area contributed by atoms with Crippen LogP contribution in [0.25, 0.3) is 0 Å². The summed E-state index contributed by atoms with van der Waals surface area (Å²) >= 11 is 0. The van der Waals surface area contributed by atoms with Crippen molar-refractivity contribution in [3.05, 3.63) is 29.3 Å². The van der Waals surface area contributed by atoms with Gasteiger partial charge in [-0.15, -0.1) is 12.4 Å². The number of nitrogens with zero attached hydrogens (tertiary/aromatic N) is 1. The molecule has 1 saturated heterocycles. The molecule has 1 fully saturated rings. The maximum absolute atomic E-state index is 12.4. The molecule has 0 aliphatic carbocycles. The van der Waals surface area contributed by atoms with E-state index in [9.17, 15) is 4.79 Å². The molecular weight excluding hydrogens is 288 g/mol.